The number of rotatable bonds is 5. The molecule has 2 aromatic carbocycles. The second kappa shape index (κ2) is 9.47. The summed E-state index contributed by atoms with van der Waals surface area (Å²) < 4.78 is 43.0. The zero-order chi connectivity index (χ0) is 22.6. The molecule has 0 atom stereocenters. The Hall–Kier alpha value is -2.94. The van der Waals surface area contributed by atoms with Crippen LogP contribution in [0.4, 0.5) is 24.5 Å². The van der Waals surface area contributed by atoms with Gasteiger partial charge in [0.1, 0.15) is 5.75 Å². The second-order valence-corrected chi connectivity index (χ2v) is 7.26. The Morgan fingerprint density at radius 1 is 1.06 bits per heavy atom. The first-order chi connectivity index (χ1) is 14.7. The van der Waals surface area contributed by atoms with Crippen molar-refractivity contribution < 1.29 is 27.5 Å². The SMILES string of the molecule is CCOc1ccc(C(=O)Nc2ccc(N3CCN(C(=O)C(F)(F)F)CC3)cc2)cc1Cl. The fourth-order valence-corrected chi connectivity index (χ4v) is 3.46. The number of nitrogens with zero attached hydrogens (tertiary/aromatic N) is 2. The third-order valence-electron chi connectivity index (χ3n) is 4.79. The molecule has 1 fully saturated rings. The third kappa shape index (κ3) is 5.61. The van der Waals surface area contributed by atoms with Gasteiger partial charge in [0.2, 0.25) is 0 Å². The van der Waals surface area contributed by atoms with Crippen LogP contribution in [0.1, 0.15) is 17.3 Å². The molecule has 6 nitrogen and oxygen atoms in total. The number of nitrogens with one attached hydrogen (secondary N) is 1. The summed E-state index contributed by atoms with van der Waals surface area (Å²) in [5.74, 6) is -1.64. The number of ether oxygens (including phenoxy) is 1. The standard InChI is InChI=1S/C21H21ClF3N3O3/c1-2-31-18-8-3-14(13-17(18)22)19(29)26-15-4-6-16(7-5-15)27-9-11-28(12-10-27)20(30)21(23,24)25/h3-8,13H,2,9-12H2,1H3,(H,26,29). The topological polar surface area (TPSA) is 61.9 Å². The highest BCUT2D eigenvalue weighted by atomic mass is 35.5. The van der Waals surface area contributed by atoms with E-state index in [1.165, 1.54) is 6.07 Å². The van der Waals surface area contributed by atoms with Crippen LogP contribution in [0.5, 0.6) is 5.75 Å². The minimum Gasteiger partial charge on any atom is -0.492 e. The van der Waals surface area contributed by atoms with E-state index in [-0.39, 0.29) is 32.1 Å². The quantitative estimate of drug-likeness (QED) is 0.734. The van der Waals surface area contributed by atoms with Gasteiger partial charge in [-0.1, -0.05) is 11.6 Å². The summed E-state index contributed by atoms with van der Waals surface area (Å²) in [5, 5.41) is 3.11. The Morgan fingerprint density at radius 2 is 1.71 bits per heavy atom. The van der Waals surface area contributed by atoms with E-state index in [1.54, 1.807) is 36.4 Å². The van der Waals surface area contributed by atoms with Gasteiger partial charge in [-0.3, -0.25) is 9.59 Å². The van der Waals surface area contributed by atoms with Gasteiger partial charge in [0.15, 0.2) is 0 Å². The molecular weight excluding hydrogens is 435 g/mol. The van der Waals surface area contributed by atoms with Crippen molar-refractivity contribution in [1.29, 1.82) is 0 Å². The van der Waals surface area contributed by atoms with Crippen molar-refractivity contribution >= 4 is 34.8 Å². The maximum atomic E-state index is 12.5. The molecular formula is C21H21ClF3N3O3. The number of amides is 2. The molecule has 0 aliphatic carbocycles. The van der Waals surface area contributed by atoms with E-state index in [9.17, 15) is 22.8 Å². The number of piperazine rings is 1. The Kier molecular flexibility index (Phi) is 6.94. The van der Waals surface area contributed by atoms with Gasteiger partial charge in [-0.25, -0.2) is 0 Å². The fourth-order valence-electron chi connectivity index (χ4n) is 3.22. The van der Waals surface area contributed by atoms with E-state index in [1.807, 2.05) is 11.8 Å². The van der Waals surface area contributed by atoms with E-state index in [2.05, 4.69) is 5.32 Å². The van der Waals surface area contributed by atoms with Crippen molar-refractivity contribution in [3.8, 4) is 5.75 Å². The molecule has 2 aromatic rings. The van der Waals surface area contributed by atoms with E-state index < -0.39 is 12.1 Å². The first-order valence-corrected chi connectivity index (χ1v) is 10.0. The third-order valence-corrected chi connectivity index (χ3v) is 5.09. The predicted octanol–water partition coefficient (Wildman–Crippen LogP) is 4.20. The van der Waals surface area contributed by atoms with Crippen LogP contribution < -0.4 is 15.0 Å². The van der Waals surface area contributed by atoms with Crippen LogP contribution in [0.15, 0.2) is 42.5 Å². The average molecular weight is 456 g/mol. The second-order valence-electron chi connectivity index (χ2n) is 6.86. The van der Waals surface area contributed by atoms with Gasteiger partial charge in [-0.2, -0.15) is 13.2 Å². The molecule has 0 spiro atoms. The van der Waals surface area contributed by atoms with Gasteiger partial charge in [-0.05, 0) is 49.4 Å². The number of hydrogen-bond donors (Lipinski definition) is 1. The lowest BCUT2D eigenvalue weighted by Crippen LogP contribution is -2.52. The Balaban J connectivity index is 1.58. The van der Waals surface area contributed by atoms with Crippen molar-refractivity contribution in [2.45, 2.75) is 13.1 Å². The highest BCUT2D eigenvalue weighted by molar-refractivity contribution is 6.32. The molecule has 166 valence electrons. The number of hydrogen-bond acceptors (Lipinski definition) is 4. The van der Waals surface area contributed by atoms with Gasteiger partial charge >= 0.3 is 12.1 Å². The van der Waals surface area contributed by atoms with E-state index in [0.717, 1.165) is 10.6 Å². The minimum atomic E-state index is -4.85. The largest absolute Gasteiger partial charge is 0.492 e. The Bertz CT molecular complexity index is 943. The molecule has 0 bridgehead atoms. The lowest BCUT2D eigenvalue weighted by molar-refractivity contribution is -0.185. The molecule has 0 saturated carbocycles. The van der Waals surface area contributed by atoms with E-state index in [4.69, 9.17) is 16.3 Å². The molecule has 1 heterocycles. The predicted molar refractivity (Wildman–Crippen MR) is 112 cm³/mol. The maximum absolute atomic E-state index is 12.5. The molecule has 1 saturated heterocycles. The van der Waals surface area contributed by atoms with E-state index >= 15 is 0 Å². The number of anilines is 2. The van der Waals surface area contributed by atoms with Gasteiger partial charge < -0.3 is 19.9 Å². The number of halogens is 4. The molecule has 31 heavy (non-hydrogen) atoms. The van der Waals surface area contributed by atoms with Crippen molar-refractivity contribution in [3.05, 3.63) is 53.1 Å². The minimum absolute atomic E-state index is 0.00463. The normalized spacial score (nSPS) is 14.4. The van der Waals surface area contributed by atoms with Gasteiger partial charge in [0.05, 0.1) is 11.6 Å². The molecule has 0 unspecified atom stereocenters. The highest BCUT2D eigenvalue weighted by Gasteiger charge is 2.43. The first kappa shape index (κ1) is 22.7. The summed E-state index contributed by atoms with van der Waals surface area (Å²) in [4.78, 5) is 26.5. The lowest BCUT2D eigenvalue weighted by atomic mass is 10.2. The van der Waals surface area contributed by atoms with Crippen molar-refractivity contribution in [2.24, 2.45) is 0 Å². The molecule has 0 radical (unpaired) electrons. The Morgan fingerprint density at radius 3 is 2.26 bits per heavy atom. The summed E-state index contributed by atoms with van der Waals surface area (Å²) in [5.41, 5.74) is 1.73. The molecule has 1 aliphatic heterocycles. The molecule has 2 amide bonds. The van der Waals surface area contributed by atoms with Crippen LogP contribution in [0, 0.1) is 0 Å². The average Bonchev–Trinajstić information content (AvgIpc) is 2.75. The molecule has 0 aromatic heterocycles. The molecule has 3 rings (SSSR count). The van der Waals surface area contributed by atoms with Crippen LogP contribution in [0.3, 0.4) is 0 Å². The van der Waals surface area contributed by atoms with Gasteiger partial charge in [-0.15, -0.1) is 0 Å². The van der Waals surface area contributed by atoms with Crippen LogP contribution in [-0.2, 0) is 4.79 Å². The maximum Gasteiger partial charge on any atom is 0.471 e. The van der Waals surface area contributed by atoms with E-state index in [0.29, 0.717) is 28.6 Å². The van der Waals surface area contributed by atoms with Crippen LogP contribution in [0.2, 0.25) is 5.02 Å². The van der Waals surface area contributed by atoms with Gasteiger partial charge in [0.25, 0.3) is 5.91 Å². The monoisotopic (exact) mass is 455 g/mol. The number of alkyl halides is 3. The summed E-state index contributed by atoms with van der Waals surface area (Å²) >= 11 is 6.12. The molecule has 10 heteroatoms. The van der Waals surface area contributed by atoms with Gasteiger partial charge in [0, 0.05) is 43.1 Å². The first-order valence-electron chi connectivity index (χ1n) is 9.64. The smallest absolute Gasteiger partial charge is 0.471 e. The highest BCUT2D eigenvalue weighted by Crippen LogP contribution is 2.26. The molecule has 1 N–H and O–H groups in total. The Labute approximate surface area is 182 Å². The zero-order valence-electron chi connectivity index (χ0n) is 16.7. The summed E-state index contributed by atoms with van der Waals surface area (Å²) in [6.07, 6.45) is -4.85. The lowest BCUT2D eigenvalue weighted by Gasteiger charge is -2.36. The number of carbonyl (C=O) groups excluding carboxylic acids is 2. The summed E-state index contributed by atoms with van der Waals surface area (Å²) in [7, 11) is 0. The van der Waals surface area contributed by atoms with Crippen molar-refractivity contribution in [2.75, 3.05) is 43.0 Å². The number of benzene rings is 2. The zero-order valence-corrected chi connectivity index (χ0v) is 17.5. The number of carbonyl (C=O) groups is 2. The van der Waals surface area contributed by atoms with Crippen molar-refractivity contribution in [3.63, 3.8) is 0 Å². The summed E-state index contributed by atoms with van der Waals surface area (Å²) in [6.45, 7) is 2.87. The fraction of sp³-hybridized carbons (Fsp3) is 0.333. The van der Waals surface area contributed by atoms with Crippen LogP contribution >= 0.6 is 11.6 Å². The van der Waals surface area contributed by atoms with Crippen LogP contribution in [0.25, 0.3) is 0 Å². The van der Waals surface area contributed by atoms with Crippen molar-refractivity contribution in [1.82, 2.24) is 4.90 Å². The van der Waals surface area contributed by atoms with Crippen LogP contribution in [-0.4, -0.2) is 55.7 Å². The molecule has 1 aliphatic rings. The summed E-state index contributed by atoms with van der Waals surface area (Å²) in [6, 6.07) is 11.7.